The lowest BCUT2D eigenvalue weighted by molar-refractivity contribution is -0.171. The van der Waals surface area contributed by atoms with Crippen molar-refractivity contribution in [1.29, 1.82) is 10.5 Å². The van der Waals surface area contributed by atoms with Crippen LogP contribution in [0.25, 0.3) is 11.1 Å². The lowest BCUT2D eigenvalue weighted by Gasteiger charge is -2.45. The highest BCUT2D eigenvalue weighted by Gasteiger charge is 2.39. The number of carbonyl (C=O) groups is 1. The molecule has 0 unspecified atom stereocenters. The van der Waals surface area contributed by atoms with Crippen LogP contribution in [0.4, 0.5) is 0 Å². The molecule has 0 amide bonds. The third-order valence-electron chi connectivity index (χ3n) is 6.39. The molecule has 1 aliphatic heterocycles. The van der Waals surface area contributed by atoms with Crippen LogP contribution in [-0.4, -0.2) is 22.0 Å². The second kappa shape index (κ2) is 10.3. The number of ketones is 1. The summed E-state index contributed by atoms with van der Waals surface area (Å²) < 4.78 is 12.2. The van der Waals surface area contributed by atoms with Crippen molar-refractivity contribution in [3.05, 3.63) is 76.6 Å². The Morgan fingerprint density at radius 3 is 2.38 bits per heavy atom. The van der Waals surface area contributed by atoms with E-state index in [9.17, 15) is 10.1 Å². The normalized spacial score (nSPS) is 16.4. The zero-order chi connectivity index (χ0) is 26.8. The van der Waals surface area contributed by atoms with E-state index in [-0.39, 0.29) is 27.9 Å². The minimum atomic E-state index is -0.275. The molecule has 7 heteroatoms. The lowest BCUT2D eigenvalue weighted by Crippen LogP contribution is -2.45. The largest absolute Gasteiger partial charge is 0.454 e. The smallest absolute Gasteiger partial charge is 0.163 e. The first-order valence-corrected chi connectivity index (χ1v) is 12.5. The van der Waals surface area contributed by atoms with Gasteiger partial charge in [-0.15, -0.1) is 0 Å². The molecular formula is C30H28ClN3O3. The van der Waals surface area contributed by atoms with Crippen molar-refractivity contribution in [2.24, 2.45) is 5.92 Å². The highest BCUT2D eigenvalue weighted by molar-refractivity contribution is 6.32. The molecule has 37 heavy (non-hydrogen) atoms. The average molecular weight is 514 g/mol. The van der Waals surface area contributed by atoms with Gasteiger partial charge >= 0.3 is 0 Å². The van der Waals surface area contributed by atoms with Gasteiger partial charge in [-0.3, -0.25) is 4.79 Å². The Kier molecular flexibility index (Phi) is 7.37. The van der Waals surface area contributed by atoms with Crippen molar-refractivity contribution in [3.63, 3.8) is 0 Å². The Morgan fingerprint density at radius 2 is 1.78 bits per heavy atom. The molecule has 1 fully saturated rings. The number of hydrogen-bond acceptors (Lipinski definition) is 6. The van der Waals surface area contributed by atoms with Gasteiger partial charge in [0, 0.05) is 29.3 Å². The summed E-state index contributed by atoms with van der Waals surface area (Å²) in [5, 5.41) is 19.1. The molecule has 1 aromatic heterocycles. The molecule has 0 saturated carbocycles. The number of carbonyl (C=O) groups excluding carboxylic acids is 1. The van der Waals surface area contributed by atoms with Crippen molar-refractivity contribution in [1.82, 2.24) is 4.98 Å². The van der Waals surface area contributed by atoms with Gasteiger partial charge < -0.3 is 9.47 Å². The first-order valence-electron chi connectivity index (χ1n) is 12.1. The third kappa shape index (κ3) is 6.17. The second-order valence-electron chi connectivity index (χ2n) is 10.6. The predicted octanol–water partition coefficient (Wildman–Crippen LogP) is 7.49. The van der Waals surface area contributed by atoms with E-state index in [4.69, 9.17) is 26.3 Å². The first kappa shape index (κ1) is 26.4. The number of pyridine rings is 1. The summed E-state index contributed by atoms with van der Waals surface area (Å²) in [5.74, 6) is 0.925. The monoisotopic (exact) mass is 513 g/mol. The first-order chi connectivity index (χ1) is 17.5. The van der Waals surface area contributed by atoms with E-state index in [0.717, 1.165) is 12.8 Å². The van der Waals surface area contributed by atoms with Crippen LogP contribution in [0.1, 0.15) is 68.6 Å². The number of nitrogens with zero attached hydrogens (tertiary/aromatic N) is 3. The van der Waals surface area contributed by atoms with E-state index >= 15 is 0 Å². The molecule has 0 bridgehead atoms. The third-order valence-corrected chi connectivity index (χ3v) is 6.68. The molecule has 0 atom stereocenters. The van der Waals surface area contributed by atoms with Gasteiger partial charge in [0.05, 0.1) is 16.2 Å². The fraction of sp³-hybridized carbons (Fsp3) is 0.333. The number of ether oxygens (including phenoxy) is 2. The summed E-state index contributed by atoms with van der Waals surface area (Å²) in [6, 6.07) is 17.7. The maximum atomic E-state index is 13.1. The number of benzene rings is 2. The van der Waals surface area contributed by atoms with E-state index in [1.165, 1.54) is 0 Å². The summed E-state index contributed by atoms with van der Waals surface area (Å²) >= 11 is 6.52. The lowest BCUT2D eigenvalue weighted by atomic mass is 9.78. The Hall–Kier alpha value is -3.71. The van der Waals surface area contributed by atoms with E-state index in [1.54, 1.807) is 54.7 Å². The highest BCUT2D eigenvalue weighted by atomic mass is 35.5. The van der Waals surface area contributed by atoms with Crippen LogP contribution < -0.4 is 4.74 Å². The molecule has 1 saturated heterocycles. The number of Topliss-reactive ketones (excluding diaryl/α,β-unsaturated/α-hetero) is 1. The SMILES string of the molecule is CC1(C)CC(CC(=O)c2ccc(Oc3cccc(-c4ccc(C#N)nc4)c3C#N)c(Cl)c2)CC(C)(C)O1. The van der Waals surface area contributed by atoms with Gasteiger partial charge in [0.15, 0.2) is 5.78 Å². The van der Waals surface area contributed by atoms with Crippen LogP contribution in [-0.2, 0) is 4.74 Å². The van der Waals surface area contributed by atoms with E-state index in [1.807, 2.05) is 6.07 Å². The van der Waals surface area contributed by atoms with E-state index < -0.39 is 0 Å². The van der Waals surface area contributed by atoms with Crippen LogP contribution in [0.15, 0.2) is 54.7 Å². The summed E-state index contributed by atoms with van der Waals surface area (Å²) in [7, 11) is 0. The van der Waals surface area contributed by atoms with Gasteiger partial charge in [0.25, 0.3) is 0 Å². The van der Waals surface area contributed by atoms with Gasteiger partial charge in [-0.2, -0.15) is 10.5 Å². The Labute approximate surface area is 222 Å². The van der Waals surface area contributed by atoms with Crippen LogP contribution in [0.3, 0.4) is 0 Å². The van der Waals surface area contributed by atoms with E-state index in [0.29, 0.717) is 45.9 Å². The van der Waals surface area contributed by atoms with Crippen LogP contribution in [0.5, 0.6) is 11.5 Å². The maximum Gasteiger partial charge on any atom is 0.163 e. The van der Waals surface area contributed by atoms with E-state index in [2.05, 4.69) is 38.7 Å². The Balaban J connectivity index is 1.53. The van der Waals surface area contributed by atoms with Crippen molar-refractivity contribution >= 4 is 17.4 Å². The number of nitriles is 2. The summed E-state index contributed by atoms with van der Waals surface area (Å²) in [4.78, 5) is 17.2. The fourth-order valence-corrected chi connectivity index (χ4v) is 5.50. The molecule has 1 aliphatic rings. The van der Waals surface area contributed by atoms with Crippen molar-refractivity contribution in [3.8, 4) is 34.8 Å². The molecule has 0 N–H and O–H groups in total. The summed E-state index contributed by atoms with van der Waals surface area (Å²) in [5.41, 5.74) is 1.90. The molecule has 0 aliphatic carbocycles. The van der Waals surface area contributed by atoms with Gasteiger partial charge in [0.2, 0.25) is 0 Å². The topological polar surface area (TPSA) is 96.0 Å². The molecule has 0 spiro atoms. The van der Waals surface area contributed by atoms with Crippen molar-refractivity contribution in [2.45, 2.75) is 58.2 Å². The predicted molar refractivity (Wildman–Crippen MR) is 142 cm³/mol. The van der Waals surface area contributed by atoms with Gasteiger partial charge in [-0.05, 0) is 82.9 Å². The zero-order valence-corrected chi connectivity index (χ0v) is 22.1. The van der Waals surface area contributed by atoms with Crippen LogP contribution in [0.2, 0.25) is 5.02 Å². The number of halogens is 1. The van der Waals surface area contributed by atoms with Gasteiger partial charge in [-0.1, -0.05) is 23.7 Å². The van der Waals surface area contributed by atoms with Gasteiger partial charge in [-0.25, -0.2) is 4.98 Å². The van der Waals surface area contributed by atoms with Gasteiger partial charge in [0.1, 0.15) is 34.9 Å². The molecule has 6 nitrogen and oxygen atoms in total. The highest BCUT2D eigenvalue weighted by Crippen LogP contribution is 2.41. The van der Waals surface area contributed by atoms with Crippen molar-refractivity contribution < 1.29 is 14.3 Å². The standard InChI is InChI=1S/C30H28ClN3O3/c1-29(2)14-19(15-30(3,4)37-29)12-26(35)20-9-11-28(25(31)13-20)36-27-7-5-6-23(24(27)17-33)21-8-10-22(16-32)34-18-21/h5-11,13,18-19H,12,14-15H2,1-4H3. The molecule has 3 aromatic rings. The molecule has 2 aromatic carbocycles. The molecule has 188 valence electrons. The van der Waals surface area contributed by atoms with Crippen LogP contribution >= 0.6 is 11.6 Å². The Morgan fingerprint density at radius 1 is 1.05 bits per heavy atom. The van der Waals surface area contributed by atoms with Crippen LogP contribution in [0, 0.1) is 28.6 Å². The van der Waals surface area contributed by atoms with Crippen molar-refractivity contribution in [2.75, 3.05) is 0 Å². The minimum absolute atomic E-state index is 0.0278. The summed E-state index contributed by atoms with van der Waals surface area (Å²) in [6.45, 7) is 8.26. The quantitative estimate of drug-likeness (QED) is 0.317. The average Bonchev–Trinajstić information content (AvgIpc) is 2.83. The molecule has 0 radical (unpaired) electrons. The maximum absolute atomic E-state index is 13.1. The molecular weight excluding hydrogens is 486 g/mol. The Bertz CT molecular complexity index is 1400. The minimum Gasteiger partial charge on any atom is -0.454 e. The fourth-order valence-electron chi connectivity index (χ4n) is 5.29. The molecule has 4 rings (SSSR count). The zero-order valence-electron chi connectivity index (χ0n) is 21.3. The summed E-state index contributed by atoms with van der Waals surface area (Å²) in [6.07, 6.45) is 3.61. The number of rotatable bonds is 6. The number of aromatic nitrogens is 1. The number of hydrogen-bond donors (Lipinski definition) is 0. The molecule has 2 heterocycles. The second-order valence-corrected chi connectivity index (χ2v) is 11.0.